The quantitative estimate of drug-likeness (QED) is 0.770. The van der Waals surface area contributed by atoms with Gasteiger partial charge in [0.1, 0.15) is 0 Å². The Kier molecular flexibility index (Phi) is 4.86. The third-order valence-corrected chi connectivity index (χ3v) is 4.48. The van der Waals surface area contributed by atoms with Gasteiger partial charge in [-0.15, -0.1) is 0 Å². The molecule has 0 radical (unpaired) electrons. The van der Waals surface area contributed by atoms with E-state index in [2.05, 4.69) is 0 Å². The summed E-state index contributed by atoms with van der Waals surface area (Å²) in [6.07, 6.45) is 0.479. The predicted molar refractivity (Wildman–Crippen MR) is 74.0 cm³/mol. The van der Waals surface area contributed by atoms with Crippen molar-refractivity contribution in [1.29, 1.82) is 0 Å². The molecule has 0 aromatic rings. The molecule has 0 bridgehead atoms. The van der Waals surface area contributed by atoms with Crippen molar-refractivity contribution in [2.75, 3.05) is 7.05 Å². The van der Waals surface area contributed by atoms with E-state index in [4.69, 9.17) is 0 Å². The van der Waals surface area contributed by atoms with Crippen molar-refractivity contribution in [1.82, 2.24) is 15.5 Å². The van der Waals surface area contributed by atoms with E-state index in [-0.39, 0.29) is 6.42 Å². The van der Waals surface area contributed by atoms with Crippen LogP contribution in [0.1, 0.15) is 44.9 Å². The van der Waals surface area contributed by atoms with Crippen molar-refractivity contribution in [2.45, 2.75) is 56.8 Å². The predicted octanol–water partition coefficient (Wildman–Crippen LogP) is 1.90. The summed E-state index contributed by atoms with van der Waals surface area (Å²) in [4.78, 5) is 35.4. The van der Waals surface area contributed by atoms with Crippen LogP contribution >= 0.6 is 0 Å². The first-order chi connectivity index (χ1) is 10.7. The maximum atomic E-state index is 13.3. The lowest BCUT2D eigenvalue weighted by atomic mass is 9.86. The van der Waals surface area contributed by atoms with Gasteiger partial charge in [-0.3, -0.25) is 19.8 Å². The highest BCUT2D eigenvalue weighted by atomic mass is 19.4. The van der Waals surface area contributed by atoms with Gasteiger partial charge in [-0.2, -0.15) is 13.2 Å². The SMILES string of the molecule is CN1C(=O)N[C@@](NC(=O)CCC2CCCCC2)(C(F)(F)F)C1=O. The second-order valence-corrected chi connectivity index (χ2v) is 6.13. The van der Waals surface area contributed by atoms with Gasteiger partial charge in [-0.1, -0.05) is 32.1 Å². The molecule has 1 atom stereocenters. The van der Waals surface area contributed by atoms with E-state index in [1.807, 2.05) is 0 Å². The zero-order valence-corrected chi connectivity index (χ0v) is 12.8. The minimum Gasteiger partial charge on any atom is -0.318 e. The smallest absolute Gasteiger partial charge is 0.318 e. The van der Waals surface area contributed by atoms with Crippen LogP contribution in [0.5, 0.6) is 0 Å². The Balaban J connectivity index is 2.02. The highest BCUT2D eigenvalue weighted by molar-refractivity contribution is 6.08. The lowest BCUT2D eigenvalue weighted by molar-refractivity contribution is -0.204. The van der Waals surface area contributed by atoms with Gasteiger partial charge in [0.15, 0.2) is 0 Å². The van der Waals surface area contributed by atoms with Crippen LogP contribution in [0.15, 0.2) is 0 Å². The van der Waals surface area contributed by atoms with E-state index >= 15 is 0 Å². The Hall–Kier alpha value is -1.80. The van der Waals surface area contributed by atoms with Gasteiger partial charge in [0.25, 0.3) is 11.6 Å². The summed E-state index contributed by atoms with van der Waals surface area (Å²) in [5.74, 6) is -2.09. The van der Waals surface area contributed by atoms with Gasteiger partial charge < -0.3 is 5.32 Å². The normalized spacial score (nSPS) is 26.3. The number of carbonyl (C=O) groups is 3. The first-order valence-corrected chi connectivity index (χ1v) is 7.65. The summed E-state index contributed by atoms with van der Waals surface area (Å²) in [6, 6.07) is -1.19. The molecule has 1 heterocycles. The molecule has 0 unspecified atom stereocenters. The Morgan fingerprint density at radius 1 is 1.30 bits per heavy atom. The van der Waals surface area contributed by atoms with Gasteiger partial charge in [0, 0.05) is 13.5 Å². The number of amides is 4. The number of halogens is 3. The summed E-state index contributed by atoms with van der Waals surface area (Å²) >= 11 is 0. The number of alkyl halides is 3. The highest BCUT2D eigenvalue weighted by Crippen LogP contribution is 2.33. The number of imide groups is 1. The third kappa shape index (κ3) is 3.42. The van der Waals surface area contributed by atoms with Crippen molar-refractivity contribution in [3.63, 3.8) is 0 Å². The Labute approximate surface area is 131 Å². The lowest BCUT2D eigenvalue weighted by Gasteiger charge is -2.30. The Bertz CT molecular complexity index is 503. The summed E-state index contributed by atoms with van der Waals surface area (Å²) < 4.78 is 39.9. The zero-order chi connectivity index (χ0) is 17.3. The maximum absolute atomic E-state index is 13.3. The fourth-order valence-corrected chi connectivity index (χ4v) is 3.07. The van der Waals surface area contributed by atoms with Crippen LogP contribution in [-0.4, -0.2) is 41.6 Å². The minimum atomic E-state index is -5.12. The molecule has 6 nitrogen and oxygen atoms in total. The number of hydrogen-bond donors (Lipinski definition) is 2. The fraction of sp³-hybridized carbons (Fsp3) is 0.786. The average Bonchev–Trinajstić information content (AvgIpc) is 2.71. The Morgan fingerprint density at radius 3 is 2.39 bits per heavy atom. The van der Waals surface area contributed by atoms with E-state index in [1.165, 1.54) is 0 Å². The third-order valence-electron chi connectivity index (χ3n) is 4.48. The lowest BCUT2D eigenvalue weighted by Crippen LogP contribution is -2.69. The summed E-state index contributed by atoms with van der Waals surface area (Å²) in [5, 5.41) is 3.25. The molecule has 0 aromatic heterocycles. The number of nitrogens with zero attached hydrogens (tertiary/aromatic N) is 1. The monoisotopic (exact) mass is 335 g/mol. The summed E-state index contributed by atoms with van der Waals surface area (Å²) in [5.41, 5.74) is -3.36. The number of urea groups is 1. The van der Waals surface area contributed by atoms with Crippen molar-refractivity contribution in [3.05, 3.63) is 0 Å². The van der Waals surface area contributed by atoms with Crippen LogP contribution in [0.2, 0.25) is 0 Å². The molecule has 9 heteroatoms. The molecule has 2 rings (SSSR count). The topological polar surface area (TPSA) is 78.5 Å². The second-order valence-electron chi connectivity index (χ2n) is 6.13. The molecule has 4 amide bonds. The first kappa shape index (κ1) is 17.6. The van der Waals surface area contributed by atoms with Crippen molar-refractivity contribution in [2.24, 2.45) is 5.92 Å². The molecule has 23 heavy (non-hydrogen) atoms. The van der Waals surface area contributed by atoms with Crippen LogP contribution < -0.4 is 10.6 Å². The second kappa shape index (κ2) is 6.37. The molecule has 2 fully saturated rings. The van der Waals surface area contributed by atoms with Crippen LogP contribution in [0, 0.1) is 5.92 Å². The summed E-state index contributed by atoms with van der Waals surface area (Å²) in [7, 11) is 0.930. The highest BCUT2D eigenvalue weighted by Gasteiger charge is 2.68. The largest absolute Gasteiger partial charge is 0.440 e. The van der Waals surface area contributed by atoms with Crippen LogP contribution in [-0.2, 0) is 9.59 Å². The van der Waals surface area contributed by atoms with E-state index in [1.54, 1.807) is 10.6 Å². The molecular formula is C14H20F3N3O3. The molecule has 1 saturated carbocycles. The Morgan fingerprint density at radius 2 is 1.91 bits per heavy atom. The van der Waals surface area contributed by atoms with Gasteiger partial charge >= 0.3 is 12.2 Å². The van der Waals surface area contributed by atoms with Crippen LogP contribution in [0.4, 0.5) is 18.0 Å². The summed E-state index contributed by atoms with van der Waals surface area (Å²) in [6.45, 7) is 0. The van der Waals surface area contributed by atoms with E-state index in [0.717, 1.165) is 39.2 Å². The molecule has 1 saturated heterocycles. The standard InChI is InChI=1S/C14H20F3N3O3/c1-20-11(22)13(14(15,16)17,19-12(20)23)18-10(21)8-7-9-5-3-2-4-6-9/h9H,2-8H2,1H3,(H,18,21)(H,19,23)/t13-/m1/s1. The van der Waals surface area contributed by atoms with Crippen LogP contribution in [0.3, 0.4) is 0 Å². The fourth-order valence-electron chi connectivity index (χ4n) is 3.07. The van der Waals surface area contributed by atoms with Gasteiger partial charge in [0.2, 0.25) is 5.91 Å². The van der Waals surface area contributed by atoms with Crippen molar-refractivity contribution in [3.8, 4) is 0 Å². The molecule has 1 aliphatic carbocycles. The molecule has 0 spiro atoms. The molecular weight excluding hydrogens is 315 g/mol. The minimum absolute atomic E-state index is 0.102. The van der Waals surface area contributed by atoms with Gasteiger partial charge in [0.05, 0.1) is 0 Å². The molecule has 2 aliphatic rings. The number of carbonyl (C=O) groups excluding carboxylic acids is 3. The average molecular weight is 335 g/mol. The molecule has 2 N–H and O–H groups in total. The number of rotatable bonds is 4. The van der Waals surface area contributed by atoms with Crippen LogP contribution in [0.25, 0.3) is 0 Å². The van der Waals surface area contributed by atoms with Crippen molar-refractivity contribution >= 4 is 17.8 Å². The number of nitrogens with one attached hydrogen (secondary N) is 2. The van der Waals surface area contributed by atoms with E-state index < -0.39 is 29.7 Å². The van der Waals surface area contributed by atoms with Crippen molar-refractivity contribution < 1.29 is 27.6 Å². The maximum Gasteiger partial charge on any atom is 0.440 e. The molecule has 1 aliphatic heterocycles. The van der Waals surface area contributed by atoms with E-state index in [9.17, 15) is 27.6 Å². The van der Waals surface area contributed by atoms with Gasteiger partial charge in [-0.25, -0.2) is 4.79 Å². The number of hydrogen-bond acceptors (Lipinski definition) is 3. The molecule has 130 valence electrons. The molecule has 0 aromatic carbocycles. The van der Waals surface area contributed by atoms with E-state index in [0.29, 0.717) is 17.2 Å². The van der Waals surface area contributed by atoms with Gasteiger partial charge in [-0.05, 0) is 12.3 Å². The number of likely N-dealkylation sites (N-methyl/N-ethyl adjacent to an activating group) is 1. The zero-order valence-electron chi connectivity index (χ0n) is 12.8. The first-order valence-electron chi connectivity index (χ1n) is 7.65.